The van der Waals surface area contributed by atoms with Gasteiger partial charge in [-0.3, -0.25) is 9.69 Å². The number of carboxylic acids is 1. The lowest BCUT2D eigenvalue weighted by molar-refractivity contribution is -0.129. The van der Waals surface area contributed by atoms with Crippen LogP contribution in [-0.4, -0.2) is 52.2 Å². The zero-order chi connectivity index (χ0) is 30.6. The number of carbonyl (C=O) groups is 2. The Bertz CT molecular complexity index is 1330. The standard InChI is InChI=1S/C35H47N3O4S/c1-25-12-14-27(15-13-25)32(39)38(29-22-28(16-18-34(2,3)4)43-31(29)33(40)41)35(42-30-11-5-6-19-36-30)17-9-10-26(23-35)24-37-20-7-8-21-37/h5-6,11,19,22,25-27H,7-10,12-15,17,20-21,23-24H2,1-4H3,(H,40,41)/t25?,26?,27?,35-/m1/s1. The van der Waals surface area contributed by atoms with Gasteiger partial charge in [0.15, 0.2) is 5.72 Å². The Kier molecular flexibility index (Phi) is 9.83. The van der Waals surface area contributed by atoms with Crippen LogP contribution < -0.4 is 9.64 Å². The smallest absolute Gasteiger partial charge is 0.348 e. The molecule has 7 nitrogen and oxygen atoms in total. The van der Waals surface area contributed by atoms with Gasteiger partial charge in [0, 0.05) is 43.0 Å². The van der Waals surface area contributed by atoms with Crippen LogP contribution in [0.15, 0.2) is 30.5 Å². The first-order valence-electron chi connectivity index (χ1n) is 16.1. The van der Waals surface area contributed by atoms with E-state index in [0.717, 1.165) is 69.5 Å². The van der Waals surface area contributed by atoms with Crippen LogP contribution in [-0.2, 0) is 4.79 Å². The lowest BCUT2D eigenvalue weighted by Gasteiger charge is -2.49. The van der Waals surface area contributed by atoms with Crippen molar-refractivity contribution < 1.29 is 19.4 Å². The molecule has 2 aliphatic carbocycles. The number of pyridine rings is 1. The second-order valence-corrected chi connectivity index (χ2v) is 15.0. The van der Waals surface area contributed by atoms with Crippen LogP contribution in [0.2, 0.25) is 0 Å². The van der Waals surface area contributed by atoms with Gasteiger partial charge in [0.05, 0.1) is 10.6 Å². The van der Waals surface area contributed by atoms with E-state index in [4.69, 9.17) is 4.74 Å². The predicted octanol–water partition coefficient (Wildman–Crippen LogP) is 7.46. The van der Waals surface area contributed by atoms with Crippen molar-refractivity contribution in [3.05, 3.63) is 40.2 Å². The summed E-state index contributed by atoms with van der Waals surface area (Å²) in [5.41, 5.74) is -0.869. The number of anilines is 1. The molecule has 2 saturated carbocycles. The van der Waals surface area contributed by atoms with E-state index in [2.05, 4.69) is 28.6 Å². The topological polar surface area (TPSA) is 83.0 Å². The summed E-state index contributed by atoms with van der Waals surface area (Å²) in [4.78, 5) is 37.2. The van der Waals surface area contributed by atoms with Crippen LogP contribution in [0.1, 0.15) is 106 Å². The average Bonchev–Trinajstić information content (AvgIpc) is 3.63. The zero-order valence-corrected chi connectivity index (χ0v) is 27.0. The van der Waals surface area contributed by atoms with Gasteiger partial charge in [0.25, 0.3) is 0 Å². The second-order valence-electron chi connectivity index (χ2n) is 13.9. The third kappa shape index (κ3) is 7.80. The van der Waals surface area contributed by atoms with Gasteiger partial charge in [0.1, 0.15) is 4.88 Å². The molecule has 8 heteroatoms. The van der Waals surface area contributed by atoms with Crippen LogP contribution in [0.3, 0.4) is 0 Å². The first kappa shape index (κ1) is 31.5. The van der Waals surface area contributed by atoms with Crippen molar-refractivity contribution in [2.75, 3.05) is 24.5 Å². The molecule has 2 aromatic rings. The Morgan fingerprint density at radius 2 is 1.88 bits per heavy atom. The minimum Gasteiger partial charge on any atom is -0.477 e. The molecule has 0 aromatic carbocycles. The van der Waals surface area contributed by atoms with Gasteiger partial charge in [-0.05, 0) is 109 Å². The van der Waals surface area contributed by atoms with E-state index < -0.39 is 11.7 Å². The highest BCUT2D eigenvalue weighted by molar-refractivity contribution is 7.15. The minimum atomic E-state index is -1.05. The Hall–Kier alpha value is -2.89. The highest BCUT2D eigenvalue weighted by atomic mass is 32.1. The van der Waals surface area contributed by atoms with E-state index in [1.165, 1.54) is 12.8 Å². The molecule has 3 heterocycles. The quantitative estimate of drug-likeness (QED) is 0.248. The number of amides is 1. The molecule has 2 atom stereocenters. The first-order valence-corrected chi connectivity index (χ1v) is 16.9. The number of likely N-dealkylation sites (tertiary alicyclic amines) is 1. The van der Waals surface area contributed by atoms with Crippen LogP contribution in [0.4, 0.5) is 5.69 Å². The molecule has 2 aromatic heterocycles. The van der Waals surface area contributed by atoms with Gasteiger partial charge < -0.3 is 14.7 Å². The number of carbonyl (C=O) groups excluding carboxylic acids is 1. The normalized spacial score (nSPS) is 26.4. The van der Waals surface area contributed by atoms with Gasteiger partial charge in [-0.15, -0.1) is 11.3 Å². The third-order valence-electron chi connectivity index (χ3n) is 9.14. The van der Waals surface area contributed by atoms with E-state index in [0.29, 0.717) is 41.1 Å². The molecule has 1 saturated heterocycles. The summed E-state index contributed by atoms with van der Waals surface area (Å²) in [5.74, 6) is 6.58. The maximum Gasteiger partial charge on any atom is 0.348 e. The van der Waals surface area contributed by atoms with Gasteiger partial charge in [-0.25, -0.2) is 9.78 Å². The number of rotatable bonds is 8. The number of nitrogens with zero attached hydrogens (tertiary/aromatic N) is 3. The fourth-order valence-electron chi connectivity index (χ4n) is 6.99. The first-order chi connectivity index (χ1) is 20.5. The number of thiophene rings is 1. The van der Waals surface area contributed by atoms with Crippen LogP contribution in [0.25, 0.3) is 0 Å². The van der Waals surface area contributed by atoms with Gasteiger partial charge in [0.2, 0.25) is 11.8 Å². The second kappa shape index (κ2) is 13.4. The van der Waals surface area contributed by atoms with Gasteiger partial charge >= 0.3 is 5.97 Å². The van der Waals surface area contributed by atoms with Crippen molar-refractivity contribution in [1.29, 1.82) is 0 Å². The van der Waals surface area contributed by atoms with Crippen molar-refractivity contribution in [1.82, 2.24) is 9.88 Å². The van der Waals surface area contributed by atoms with Gasteiger partial charge in [-0.2, -0.15) is 0 Å². The third-order valence-corrected chi connectivity index (χ3v) is 10.2. The van der Waals surface area contributed by atoms with E-state index in [9.17, 15) is 14.7 Å². The Balaban J connectivity index is 1.63. The van der Waals surface area contributed by atoms with E-state index >= 15 is 0 Å². The van der Waals surface area contributed by atoms with E-state index in [1.54, 1.807) is 11.1 Å². The number of hydrogen-bond donors (Lipinski definition) is 1. The Morgan fingerprint density at radius 3 is 2.53 bits per heavy atom. The summed E-state index contributed by atoms with van der Waals surface area (Å²) >= 11 is 1.15. The molecule has 5 rings (SSSR count). The maximum atomic E-state index is 14.8. The van der Waals surface area contributed by atoms with Crippen LogP contribution >= 0.6 is 11.3 Å². The molecule has 1 aliphatic heterocycles. The summed E-state index contributed by atoms with van der Waals surface area (Å²) in [6, 6.07) is 7.40. The van der Waals surface area contributed by atoms with Crippen molar-refractivity contribution in [2.45, 2.75) is 97.6 Å². The molecule has 232 valence electrons. The number of aromatic carboxylic acids is 1. The van der Waals surface area contributed by atoms with E-state index in [-0.39, 0.29) is 22.1 Å². The SMILES string of the molecule is CC1CCC(C(=O)N(c2cc(C#CC(C)(C)C)sc2C(=O)O)[C@@]2(Oc3ccccn3)CCCC(CN3CCCC3)C2)CC1. The molecule has 0 radical (unpaired) electrons. The number of ether oxygens (including phenoxy) is 1. The maximum absolute atomic E-state index is 14.8. The molecule has 1 unspecified atom stereocenters. The molecular formula is C35H47N3O4S. The van der Waals surface area contributed by atoms with Gasteiger partial charge in [-0.1, -0.05) is 24.8 Å². The van der Waals surface area contributed by atoms with Crippen molar-refractivity contribution >= 4 is 28.9 Å². The molecule has 0 bridgehead atoms. The van der Waals surface area contributed by atoms with Crippen molar-refractivity contribution in [3.63, 3.8) is 0 Å². The van der Waals surface area contributed by atoms with Crippen molar-refractivity contribution in [3.8, 4) is 17.7 Å². The lowest BCUT2D eigenvalue weighted by Crippen LogP contribution is -2.61. The summed E-state index contributed by atoms with van der Waals surface area (Å²) in [6.07, 6.45) is 10.9. The minimum absolute atomic E-state index is 0.0275. The summed E-state index contributed by atoms with van der Waals surface area (Å²) in [6.45, 7) is 11.5. The molecule has 3 fully saturated rings. The highest BCUT2D eigenvalue weighted by Crippen LogP contribution is 2.46. The zero-order valence-electron chi connectivity index (χ0n) is 26.2. The molecule has 1 N–H and O–H groups in total. The Morgan fingerprint density at radius 1 is 1.14 bits per heavy atom. The molecule has 43 heavy (non-hydrogen) atoms. The largest absolute Gasteiger partial charge is 0.477 e. The molecular weight excluding hydrogens is 558 g/mol. The monoisotopic (exact) mass is 605 g/mol. The van der Waals surface area contributed by atoms with Crippen LogP contribution in [0, 0.1) is 35.0 Å². The number of hydrogen-bond acceptors (Lipinski definition) is 6. The Labute approximate surface area is 261 Å². The summed E-state index contributed by atoms with van der Waals surface area (Å²) in [5, 5.41) is 10.5. The van der Waals surface area contributed by atoms with Crippen LogP contribution in [0.5, 0.6) is 5.88 Å². The summed E-state index contributed by atoms with van der Waals surface area (Å²) in [7, 11) is 0. The lowest BCUT2D eigenvalue weighted by atomic mass is 9.78. The molecule has 3 aliphatic rings. The van der Waals surface area contributed by atoms with Crippen molar-refractivity contribution in [2.24, 2.45) is 23.2 Å². The summed E-state index contributed by atoms with van der Waals surface area (Å²) < 4.78 is 6.90. The predicted molar refractivity (Wildman–Crippen MR) is 171 cm³/mol. The number of carboxylic acid groups (broad SMARTS) is 1. The average molecular weight is 606 g/mol. The molecule has 0 spiro atoms. The molecule has 1 amide bonds. The highest BCUT2D eigenvalue weighted by Gasteiger charge is 2.50. The fraction of sp³-hybridized carbons (Fsp3) is 0.629. The fourth-order valence-corrected chi connectivity index (χ4v) is 7.83. The van der Waals surface area contributed by atoms with E-state index in [1.807, 2.05) is 45.0 Å². The number of aromatic nitrogens is 1.